The van der Waals surface area contributed by atoms with Gasteiger partial charge in [0.25, 0.3) is 0 Å². The smallest absolute Gasteiger partial charge is 0.00299 e. The Balaban J connectivity index is 3.24. The van der Waals surface area contributed by atoms with Crippen LogP contribution in [0.2, 0.25) is 0 Å². The van der Waals surface area contributed by atoms with Crippen LogP contribution in [-0.2, 0) is 0 Å². The highest BCUT2D eigenvalue weighted by molar-refractivity contribution is 5.13. The van der Waals surface area contributed by atoms with Crippen molar-refractivity contribution in [1.82, 2.24) is 0 Å². The summed E-state index contributed by atoms with van der Waals surface area (Å²) in [5, 5.41) is 0. The summed E-state index contributed by atoms with van der Waals surface area (Å²) in [7, 11) is 0. The van der Waals surface area contributed by atoms with E-state index in [1.165, 1.54) is 37.7 Å². The van der Waals surface area contributed by atoms with Gasteiger partial charge in [-0.25, -0.2) is 0 Å². The third kappa shape index (κ3) is 6.02. The second-order valence-corrected chi connectivity index (χ2v) is 3.11. The topological polar surface area (TPSA) is 26.0 Å². The van der Waals surface area contributed by atoms with E-state index in [-0.39, 0.29) is 0 Å². The molecule has 0 amide bonds. The molecule has 1 nitrogen and oxygen atoms in total. The SMILES string of the molecule is C=C/C(=C\N)CCCCCCC. The summed E-state index contributed by atoms with van der Waals surface area (Å²) >= 11 is 0. The molecule has 0 aromatic heterocycles. The molecule has 0 rings (SSSR count). The molecule has 0 aliphatic heterocycles. The summed E-state index contributed by atoms with van der Waals surface area (Å²) in [4.78, 5) is 0. The maximum atomic E-state index is 5.39. The van der Waals surface area contributed by atoms with E-state index >= 15 is 0 Å². The van der Waals surface area contributed by atoms with Gasteiger partial charge in [0.15, 0.2) is 0 Å². The molecule has 0 aliphatic rings. The Morgan fingerprint density at radius 2 is 1.92 bits per heavy atom. The van der Waals surface area contributed by atoms with Crippen molar-refractivity contribution >= 4 is 0 Å². The zero-order chi connectivity index (χ0) is 9.23. The van der Waals surface area contributed by atoms with Crippen LogP contribution in [0.4, 0.5) is 0 Å². The average Bonchev–Trinajstić information content (AvgIpc) is 2.11. The first-order valence-electron chi connectivity index (χ1n) is 4.88. The van der Waals surface area contributed by atoms with Gasteiger partial charge in [0, 0.05) is 0 Å². The van der Waals surface area contributed by atoms with E-state index in [1.807, 2.05) is 6.08 Å². The van der Waals surface area contributed by atoms with Gasteiger partial charge >= 0.3 is 0 Å². The molecule has 12 heavy (non-hydrogen) atoms. The molecule has 0 bridgehead atoms. The van der Waals surface area contributed by atoms with Crippen molar-refractivity contribution in [1.29, 1.82) is 0 Å². The summed E-state index contributed by atoms with van der Waals surface area (Å²) in [5.41, 5.74) is 6.56. The maximum Gasteiger partial charge on any atom is -0.00299 e. The van der Waals surface area contributed by atoms with Crippen molar-refractivity contribution in [3.8, 4) is 0 Å². The van der Waals surface area contributed by atoms with E-state index in [9.17, 15) is 0 Å². The number of rotatable bonds is 7. The van der Waals surface area contributed by atoms with Gasteiger partial charge in [-0.15, -0.1) is 0 Å². The Bertz CT molecular complexity index is 136. The van der Waals surface area contributed by atoms with Crippen LogP contribution >= 0.6 is 0 Å². The van der Waals surface area contributed by atoms with Gasteiger partial charge < -0.3 is 5.73 Å². The summed E-state index contributed by atoms with van der Waals surface area (Å²) in [6, 6.07) is 0. The molecule has 0 saturated carbocycles. The number of hydrogen-bond donors (Lipinski definition) is 1. The minimum absolute atomic E-state index is 1.09. The minimum Gasteiger partial charge on any atom is -0.404 e. The van der Waals surface area contributed by atoms with Crippen molar-refractivity contribution in [2.75, 3.05) is 0 Å². The number of allylic oxidation sites excluding steroid dienone is 2. The van der Waals surface area contributed by atoms with Crippen LogP contribution in [0.1, 0.15) is 45.4 Å². The molecule has 0 aromatic carbocycles. The van der Waals surface area contributed by atoms with Crippen LogP contribution in [0, 0.1) is 0 Å². The summed E-state index contributed by atoms with van der Waals surface area (Å²) in [6.07, 6.45) is 11.2. The lowest BCUT2D eigenvalue weighted by Gasteiger charge is -2.00. The van der Waals surface area contributed by atoms with E-state index in [4.69, 9.17) is 5.73 Å². The molecule has 0 aliphatic carbocycles. The zero-order valence-electron chi connectivity index (χ0n) is 8.18. The Labute approximate surface area is 76.3 Å². The highest BCUT2D eigenvalue weighted by Crippen LogP contribution is 2.10. The summed E-state index contributed by atoms with van der Waals surface area (Å²) in [5.74, 6) is 0. The first-order valence-corrected chi connectivity index (χ1v) is 4.88. The molecule has 70 valence electrons. The molecule has 0 fully saturated rings. The fourth-order valence-electron chi connectivity index (χ4n) is 1.19. The molecule has 0 spiro atoms. The molecule has 0 radical (unpaired) electrons. The molecule has 0 aromatic rings. The van der Waals surface area contributed by atoms with Crippen LogP contribution < -0.4 is 5.73 Å². The summed E-state index contributed by atoms with van der Waals surface area (Å²) < 4.78 is 0. The average molecular weight is 167 g/mol. The second kappa shape index (κ2) is 8.38. The van der Waals surface area contributed by atoms with E-state index in [2.05, 4.69) is 13.5 Å². The lowest BCUT2D eigenvalue weighted by molar-refractivity contribution is 0.633. The van der Waals surface area contributed by atoms with Crippen LogP contribution in [0.5, 0.6) is 0 Å². The molecule has 0 atom stereocenters. The Morgan fingerprint density at radius 3 is 2.42 bits per heavy atom. The molecule has 2 N–H and O–H groups in total. The van der Waals surface area contributed by atoms with Gasteiger partial charge in [-0.1, -0.05) is 45.3 Å². The normalized spacial score (nSPS) is 11.6. The fourth-order valence-corrected chi connectivity index (χ4v) is 1.19. The second-order valence-electron chi connectivity index (χ2n) is 3.11. The molecule has 0 unspecified atom stereocenters. The van der Waals surface area contributed by atoms with Crippen LogP contribution in [0.3, 0.4) is 0 Å². The van der Waals surface area contributed by atoms with Crippen molar-refractivity contribution in [3.05, 3.63) is 24.4 Å². The van der Waals surface area contributed by atoms with Crippen LogP contribution in [-0.4, -0.2) is 0 Å². The monoisotopic (exact) mass is 167 g/mol. The van der Waals surface area contributed by atoms with Gasteiger partial charge in [0.2, 0.25) is 0 Å². The van der Waals surface area contributed by atoms with Gasteiger partial charge in [-0.3, -0.25) is 0 Å². The first kappa shape index (κ1) is 11.3. The van der Waals surface area contributed by atoms with Gasteiger partial charge in [0.05, 0.1) is 0 Å². The van der Waals surface area contributed by atoms with E-state index < -0.39 is 0 Å². The lowest BCUT2D eigenvalue weighted by Crippen LogP contribution is -1.86. The van der Waals surface area contributed by atoms with Crippen molar-refractivity contribution in [2.24, 2.45) is 5.73 Å². The zero-order valence-corrected chi connectivity index (χ0v) is 8.18. The number of unbranched alkanes of at least 4 members (excludes halogenated alkanes) is 4. The van der Waals surface area contributed by atoms with Crippen molar-refractivity contribution in [2.45, 2.75) is 45.4 Å². The summed E-state index contributed by atoms with van der Waals surface area (Å²) in [6.45, 7) is 5.93. The quantitative estimate of drug-likeness (QED) is 0.456. The third-order valence-electron chi connectivity index (χ3n) is 2.05. The fraction of sp³-hybridized carbons (Fsp3) is 0.636. The first-order chi connectivity index (χ1) is 5.85. The Morgan fingerprint density at radius 1 is 1.25 bits per heavy atom. The van der Waals surface area contributed by atoms with Gasteiger partial charge in [0.1, 0.15) is 0 Å². The van der Waals surface area contributed by atoms with Gasteiger partial charge in [-0.2, -0.15) is 0 Å². The van der Waals surface area contributed by atoms with E-state index in [0.717, 1.165) is 6.42 Å². The molecular formula is C11H21N. The minimum atomic E-state index is 1.09. The van der Waals surface area contributed by atoms with Crippen molar-refractivity contribution in [3.63, 3.8) is 0 Å². The molecule has 0 saturated heterocycles. The Hall–Kier alpha value is -0.720. The van der Waals surface area contributed by atoms with Gasteiger partial charge in [-0.05, 0) is 24.6 Å². The largest absolute Gasteiger partial charge is 0.404 e. The van der Waals surface area contributed by atoms with E-state index in [1.54, 1.807) is 6.20 Å². The standard InChI is InChI=1S/C11H21N/c1-3-5-6-7-8-9-11(4-2)10-12/h4,10H,2-3,5-9,12H2,1H3/b11-10+. The predicted molar refractivity (Wildman–Crippen MR) is 55.8 cm³/mol. The molecule has 1 heteroatoms. The Kier molecular flexibility index (Phi) is 7.87. The number of hydrogen-bond acceptors (Lipinski definition) is 1. The third-order valence-corrected chi connectivity index (χ3v) is 2.05. The van der Waals surface area contributed by atoms with Crippen LogP contribution in [0.15, 0.2) is 24.4 Å². The molecular weight excluding hydrogens is 146 g/mol. The maximum absolute atomic E-state index is 5.39. The van der Waals surface area contributed by atoms with Crippen LogP contribution in [0.25, 0.3) is 0 Å². The number of nitrogens with two attached hydrogens (primary N) is 1. The lowest BCUT2D eigenvalue weighted by atomic mass is 10.1. The van der Waals surface area contributed by atoms with Crippen molar-refractivity contribution < 1.29 is 0 Å². The molecule has 0 heterocycles. The predicted octanol–water partition coefficient (Wildman–Crippen LogP) is 3.38. The highest BCUT2D eigenvalue weighted by Gasteiger charge is 1.91. The van der Waals surface area contributed by atoms with E-state index in [0.29, 0.717) is 0 Å². The highest BCUT2D eigenvalue weighted by atomic mass is 14.5.